The third kappa shape index (κ3) is 10.8. The normalized spacial score (nSPS) is 11.1. The Morgan fingerprint density at radius 3 is 2.29 bits per heavy atom. The van der Waals surface area contributed by atoms with Crippen molar-refractivity contribution in [2.24, 2.45) is 4.99 Å². The molecular weight excluding hydrogens is 417 g/mol. The number of hydrogen-bond donors (Lipinski definition) is 2. The highest BCUT2D eigenvalue weighted by atomic mass is 127. The van der Waals surface area contributed by atoms with Gasteiger partial charge in [0, 0.05) is 33.9 Å². The number of rotatable bonds is 10. The summed E-state index contributed by atoms with van der Waals surface area (Å²) in [6.07, 6.45) is 1.94. The highest BCUT2D eigenvalue weighted by molar-refractivity contribution is 14.0. The maximum absolute atomic E-state index is 5.43. The lowest BCUT2D eigenvalue weighted by atomic mass is 10.1. The van der Waals surface area contributed by atoms with Gasteiger partial charge in [0.1, 0.15) is 0 Å². The van der Waals surface area contributed by atoms with E-state index in [2.05, 4.69) is 47.7 Å². The van der Waals surface area contributed by atoms with Crippen molar-refractivity contribution in [3.8, 4) is 0 Å². The Bertz CT molecular complexity index is 461. The van der Waals surface area contributed by atoms with Gasteiger partial charge in [0.05, 0.1) is 13.2 Å². The molecule has 0 aliphatic carbocycles. The molecule has 138 valence electrons. The summed E-state index contributed by atoms with van der Waals surface area (Å²) in [5, 5.41) is 6.64. The molecule has 0 bridgehead atoms. The van der Waals surface area contributed by atoms with Gasteiger partial charge in [0.2, 0.25) is 0 Å². The molecule has 0 unspecified atom stereocenters. The number of methoxy groups -OCH3 is 1. The van der Waals surface area contributed by atoms with Gasteiger partial charge in [-0.1, -0.05) is 29.3 Å². The third-order valence-corrected chi connectivity index (χ3v) is 3.40. The first kappa shape index (κ1) is 23.1. The number of halogens is 1. The van der Waals surface area contributed by atoms with Gasteiger partial charge in [-0.05, 0) is 32.3 Å². The molecule has 0 aliphatic rings. The molecular formula is C18H32IN3O2. The van der Waals surface area contributed by atoms with Crippen LogP contribution in [0.2, 0.25) is 0 Å². The van der Waals surface area contributed by atoms with E-state index in [9.17, 15) is 0 Å². The van der Waals surface area contributed by atoms with E-state index in [1.165, 1.54) is 16.7 Å². The van der Waals surface area contributed by atoms with Crippen LogP contribution in [0.4, 0.5) is 0 Å². The molecule has 24 heavy (non-hydrogen) atoms. The molecule has 5 nitrogen and oxygen atoms in total. The van der Waals surface area contributed by atoms with Crippen molar-refractivity contribution in [1.82, 2.24) is 10.6 Å². The van der Waals surface area contributed by atoms with E-state index in [4.69, 9.17) is 9.47 Å². The lowest BCUT2D eigenvalue weighted by Crippen LogP contribution is -2.39. The second kappa shape index (κ2) is 14.5. The number of nitrogens with zero attached hydrogens (tertiary/aromatic N) is 1. The predicted octanol–water partition coefficient (Wildman–Crippen LogP) is 2.68. The number of aryl methyl sites for hydroxylation is 2. The Balaban J connectivity index is 0.00000529. The van der Waals surface area contributed by atoms with Gasteiger partial charge in [-0.25, -0.2) is 0 Å². The Morgan fingerprint density at radius 1 is 1.00 bits per heavy atom. The monoisotopic (exact) mass is 449 g/mol. The first-order valence-electron chi connectivity index (χ1n) is 8.24. The van der Waals surface area contributed by atoms with Crippen LogP contribution in [0.3, 0.4) is 0 Å². The second-order valence-corrected chi connectivity index (χ2v) is 5.63. The summed E-state index contributed by atoms with van der Waals surface area (Å²) < 4.78 is 10.4. The van der Waals surface area contributed by atoms with Crippen LogP contribution in [0.5, 0.6) is 0 Å². The van der Waals surface area contributed by atoms with Gasteiger partial charge in [0.15, 0.2) is 5.96 Å². The quantitative estimate of drug-likeness (QED) is 0.250. The summed E-state index contributed by atoms with van der Waals surface area (Å²) in [6.45, 7) is 8.02. The topological polar surface area (TPSA) is 54.9 Å². The Hall–Kier alpha value is -0.860. The summed E-state index contributed by atoms with van der Waals surface area (Å²) in [7, 11) is 3.47. The Labute approximate surface area is 163 Å². The molecule has 0 saturated carbocycles. The van der Waals surface area contributed by atoms with Crippen molar-refractivity contribution < 1.29 is 9.47 Å². The maximum atomic E-state index is 5.43. The molecule has 0 radical (unpaired) electrons. The van der Waals surface area contributed by atoms with E-state index in [0.717, 1.165) is 38.5 Å². The van der Waals surface area contributed by atoms with Crippen LogP contribution in [0.1, 0.15) is 23.1 Å². The van der Waals surface area contributed by atoms with Crippen LogP contribution in [-0.2, 0) is 15.9 Å². The van der Waals surface area contributed by atoms with Crippen molar-refractivity contribution in [3.05, 3.63) is 34.9 Å². The van der Waals surface area contributed by atoms with Crippen molar-refractivity contribution in [2.45, 2.75) is 26.7 Å². The van der Waals surface area contributed by atoms with Crippen LogP contribution in [0.25, 0.3) is 0 Å². The molecule has 6 heteroatoms. The summed E-state index contributed by atoms with van der Waals surface area (Å²) in [5.41, 5.74) is 3.99. The number of aliphatic imine (C=N–C) groups is 1. The highest BCUT2D eigenvalue weighted by Crippen LogP contribution is 2.08. The van der Waals surface area contributed by atoms with Gasteiger partial charge in [-0.3, -0.25) is 4.99 Å². The molecule has 1 aromatic carbocycles. The largest absolute Gasteiger partial charge is 0.382 e. The predicted molar refractivity (Wildman–Crippen MR) is 112 cm³/mol. The summed E-state index contributed by atoms with van der Waals surface area (Å²) in [4.78, 5) is 4.24. The average molecular weight is 449 g/mol. The van der Waals surface area contributed by atoms with Gasteiger partial charge in [-0.2, -0.15) is 0 Å². The fourth-order valence-corrected chi connectivity index (χ4v) is 2.38. The number of guanidine groups is 1. The molecule has 0 saturated heterocycles. The first-order valence-corrected chi connectivity index (χ1v) is 8.24. The standard InChI is InChI=1S/C18H31N3O2.HI/c1-15-12-16(2)14-17(13-15)6-8-21-18(19-3)20-7-5-9-23-11-10-22-4;/h12-14H,5-11H2,1-4H3,(H2,19,20,21);1H. The average Bonchev–Trinajstić information content (AvgIpc) is 2.51. The molecule has 1 rings (SSSR count). The smallest absolute Gasteiger partial charge is 0.190 e. The number of nitrogens with one attached hydrogen (secondary N) is 2. The highest BCUT2D eigenvalue weighted by Gasteiger charge is 1.99. The zero-order valence-electron chi connectivity index (χ0n) is 15.4. The SMILES string of the molecule is CN=C(NCCCOCCOC)NCCc1cc(C)cc(C)c1.I. The zero-order chi connectivity index (χ0) is 16.9. The van der Waals surface area contributed by atoms with Gasteiger partial charge in [0.25, 0.3) is 0 Å². The van der Waals surface area contributed by atoms with Gasteiger partial charge >= 0.3 is 0 Å². The molecule has 0 spiro atoms. The lowest BCUT2D eigenvalue weighted by Gasteiger charge is -2.12. The fourth-order valence-electron chi connectivity index (χ4n) is 2.38. The fraction of sp³-hybridized carbons (Fsp3) is 0.611. The van der Waals surface area contributed by atoms with E-state index in [-0.39, 0.29) is 24.0 Å². The van der Waals surface area contributed by atoms with E-state index in [0.29, 0.717) is 13.2 Å². The minimum absolute atomic E-state index is 0. The minimum Gasteiger partial charge on any atom is -0.382 e. The van der Waals surface area contributed by atoms with Crippen LogP contribution in [-0.4, -0.2) is 53.0 Å². The van der Waals surface area contributed by atoms with E-state index >= 15 is 0 Å². The molecule has 0 aromatic heterocycles. The molecule has 1 aromatic rings. The van der Waals surface area contributed by atoms with Crippen molar-refractivity contribution >= 4 is 29.9 Å². The van der Waals surface area contributed by atoms with Crippen molar-refractivity contribution in [1.29, 1.82) is 0 Å². The second-order valence-electron chi connectivity index (χ2n) is 5.63. The molecule has 0 heterocycles. The maximum Gasteiger partial charge on any atom is 0.190 e. The van der Waals surface area contributed by atoms with Gasteiger partial charge in [-0.15, -0.1) is 24.0 Å². The molecule has 0 fully saturated rings. The van der Waals surface area contributed by atoms with Crippen molar-refractivity contribution in [2.75, 3.05) is 47.1 Å². The van der Waals surface area contributed by atoms with Gasteiger partial charge < -0.3 is 20.1 Å². The molecule has 0 aliphatic heterocycles. The van der Waals surface area contributed by atoms with Crippen molar-refractivity contribution in [3.63, 3.8) is 0 Å². The molecule has 0 amide bonds. The summed E-state index contributed by atoms with van der Waals surface area (Å²) in [5.74, 6) is 0.839. The summed E-state index contributed by atoms with van der Waals surface area (Å²) >= 11 is 0. The van der Waals surface area contributed by atoms with E-state index in [1.54, 1.807) is 14.2 Å². The number of ether oxygens (including phenoxy) is 2. The Morgan fingerprint density at radius 2 is 1.67 bits per heavy atom. The molecule has 2 N–H and O–H groups in total. The lowest BCUT2D eigenvalue weighted by molar-refractivity contribution is 0.0698. The number of benzene rings is 1. The number of hydrogen-bond acceptors (Lipinski definition) is 3. The molecule has 0 atom stereocenters. The van der Waals surface area contributed by atoms with E-state index in [1.807, 2.05) is 0 Å². The minimum atomic E-state index is 0. The van der Waals surface area contributed by atoms with Crippen LogP contribution < -0.4 is 10.6 Å². The van der Waals surface area contributed by atoms with Crippen LogP contribution in [0.15, 0.2) is 23.2 Å². The first-order chi connectivity index (χ1) is 11.2. The summed E-state index contributed by atoms with van der Waals surface area (Å²) in [6, 6.07) is 6.68. The van der Waals surface area contributed by atoms with Crippen LogP contribution in [0, 0.1) is 13.8 Å². The third-order valence-electron chi connectivity index (χ3n) is 3.40. The zero-order valence-corrected chi connectivity index (χ0v) is 17.7. The Kier molecular flexibility index (Phi) is 14.0. The van der Waals surface area contributed by atoms with E-state index < -0.39 is 0 Å². The van der Waals surface area contributed by atoms with Crippen LogP contribution >= 0.6 is 24.0 Å².